The summed E-state index contributed by atoms with van der Waals surface area (Å²) < 4.78 is 12.4. The molecule has 0 radical (unpaired) electrons. The van der Waals surface area contributed by atoms with Crippen LogP contribution in [-0.2, 0) is 0 Å². The number of anilines is 1. The Kier molecular flexibility index (Phi) is 6.97. The van der Waals surface area contributed by atoms with Crippen LogP contribution in [0, 0.1) is 0 Å². The molecule has 6 nitrogen and oxygen atoms in total. The van der Waals surface area contributed by atoms with Crippen LogP contribution in [0.5, 0.6) is 11.5 Å². The van der Waals surface area contributed by atoms with E-state index in [-0.39, 0.29) is 5.91 Å². The lowest BCUT2D eigenvalue weighted by atomic mass is 10.0. The Morgan fingerprint density at radius 3 is 2.23 bits per heavy atom. The Morgan fingerprint density at radius 2 is 1.54 bits per heavy atom. The van der Waals surface area contributed by atoms with Crippen LogP contribution in [-0.4, -0.2) is 55.2 Å². The van der Waals surface area contributed by atoms with Crippen LogP contribution in [0.3, 0.4) is 0 Å². The van der Waals surface area contributed by atoms with E-state index in [2.05, 4.69) is 30.9 Å². The summed E-state index contributed by atoms with van der Waals surface area (Å²) in [5.74, 6) is 1.39. The summed E-state index contributed by atoms with van der Waals surface area (Å²) in [6.07, 6.45) is 0. The summed E-state index contributed by atoms with van der Waals surface area (Å²) in [7, 11) is 0. The molecule has 3 aromatic carbocycles. The number of aromatic nitrogens is 1. The Bertz CT molecular complexity index is 1260. The fourth-order valence-corrected chi connectivity index (χ4v) is 5.23. The highest BCUT2D eigenvalue weighted by Gasteiger charge is 2.23. The van der Waals surface area contributed by atoms with Gasteiger partial charge in [-0.1, -0.05) is 67.6 Å². The second-order valence-electron chi connectivity index (χ2n) is 8.39. The summed E-state index contributed by atoms with van der Waals surface area (Å²) in [5, 5.41) is 0.687. The number of likely N-dealkylation sites (N-methyl/N-ethyl adjacent to an activating group) is 1. The van der Waals surface area contributed by atoms with Gasteiger partial charge in [0.15, 0.2) is 16.6 Å². The first-order valence-corrected chi connectivity index (χ1v) is 12.9. The van der Waals surface area contributed by atoms with E-state index in [1.54, 1.807) is 4.90 Å². The quantitative estimate of drug-likeness (QED) is 0.318. The summed E-state index contributed by atoms with van der Waals surface area (Å²) in [6, 6.07) is 21.9. The minimum Gasteiger partial charge on any atom is -0.486 e. The van der Waals surface area contributed by atoms with E-state index in [1.807, 2.05) is 54.6 Å². The molecule has 0 bridgehead atoms. The van der Waals surface area contributed by atoms with Crippen LogP contribution in [0.25, 0.3) is 21.3 Å². The number of benzene rings is 3. The molecule has 7 heteroatoms. The van der Waals surface area contributed by atoms with Crippen molar-refractivity contribution < 1.29 is 14.3 Å². The van der Waals surface area contributed by atoms with E-state index in [1.165, 1.54) is 11.3 Å². The smallest absolute Gasteiger partial charge is 0.260 e. The predicted molar refractivity (Wildman–Crippen MR) is 142 cm³/mol. The van der Waals surface area contributed by atoms with Crippen LogP contribution >= 0.6 is 11.3 Å². The molecular formula is C28H29N3O3S. The van der Waals surface area contributed by atoms with E-state index in [4.69, 9.17) is 14.5 Å². The number of thiazole rings is 1. The monoisotopic (exact) mass is 487 g/mol. The number of hydrogen-bond acceptors (Lipinski definition) is 6. The maximum Gasteiger partial charge on any atom is 0.260 e. The Labute approximate surface area is 209 Å². The lowest BCUT2D eigenvalue weighted by Crippen LogP contribution is -2.38. The first-order valence-electron chi connectivity index (χ1n) is 12.1. The van der Waals surface area contributed by atoms with Gasteiger partial charge in [0.2, 0.25) is 0 Å². The number of carbonyl (C=O) groups excluding carboxylic acids is 1. The topological polar surface area (TPSA) is 54.9 Å². The van der Waals surface area contributed by atoms with Crippen LogP contribution < -0.4 is 14.4 Å². The van der Waals surface area contributed by atoms with Gasteiger partial charge in [0.1, 0.15) is 13.2 Å². The second-order valence-corrected chi connectivity index (χ2v) is 9.40. The van der Waals surface area contributed by atoms with Gasteiger partial charge in [-0.05, 0) is 36.3 Å². The maximum absolute atomic E-state index is 13.7. The fourth-order valence-electron chi connectivity index (χ4n) is 4.23. The van der Waals surface area contributed by atoms with Gasteiger partial charge >= 0.3 is 0 Å². The standard InChI is InChI=1S/C28H29N3O3S/c1-3-30(4-2)14-15-31(27(32)22-12-10-21(11-13-22)20-8-6-5-7-9-20)28-29-23-18-24-25(19-26(23)35-28)34-17-16-33-24/h5-13,18-19H,3-4,14-17H2,1-2H3. The lowest BCUT2D eigenvalue weighted by molar-refractivity contribution is 0.0984. The minimum atomic E-state index is -0.0481. The molecule has 5 rings (SSSR count). The number of hydrogen-bond donors (Lipinski definition) is 0. The summed E-state index contributed by atoms with van der Waals surface area (Å²) in [4.78, 5) is 22.7. The van der Waals surface area contributed by atoms with Gasteiger partial charge in [-0.2, -0.15) is 0 Å². The molecule has 0 N–H and O–H groups in total. The highest BCUT2D eigenvalue weighted by Crippen LogP contribution is 2.39. The summed E-state index contributed by atoms with van der Waals surface area (Å²) >= 11 is 1.51. The highest BCUT2D eigenvalue weighted by atomic mass is 32.1. The van der Waals surface area contributed by atoms with Crippen LogP contribution in [0.4, 0.5) is 5.13 Å². The highest BCUT2D eigenvalue weighted by molar-refractivity contribution is 7.22. The van der Waals surface area contributed by atoms with Crippen molar-refractivity contribution in [2.45, 2.75) is 13.8 Å². The number of fused-ring (bicyclic) bond motifs is 2. The molecule has 0 fully saturated rings. The van der Waals surface area contributed by atoms with Crippen LogP contribution in [0.15, 0.2) is 66.7 Å². The van der Waals surface area contributed by atoms with E-state index in [0.29, 0.717) is 36.2 Å². The third kappa shape index (κ3) is 5.01. The molecule has 1 aliphatic rings. The predicted octanol–water partition coefficient (Wildman–Crippen LogP) is 5.72. The van der Waals surface area contributed by atoms with E-state index < -0.39 is 0 Å². The largest absolute Gasteiger partial charge is 0.486 e. The summed E-state index contributed by atoms with van der Waals surface area (Å²) in [5.41, 5.74) is 3.68. The molecule has 2 heterocycles. The fraction of sp³-hybridized carbons (Fsp3) is 0.286. The zero-order chi connectivity index (χ0) is 24.2. The van der Waals surface area contributed by atoms with Crippen molar-refractivity contribution in [3.63, 3.8) is 0 Å². The zero-order valence-corrected chi connectivity index (χ0v) is 20.9. The SMILES string of the molecule is CCN(CC)CCN(C(=O)c1ccc(-c2ccccc2)cc1)c1nc2cc3c(cc2s1)OCCO3. The molecule has 35 heavy (non-hydrogen) atoms. The maximum atomic E-state index is 13.7. The average molecular weight is 488 g/mol. The molecule has 0 spiro atoms. The first-order chi connectivity index (χ1) is 17.2. The molecule has 0 unspecified atom stereocenters. The Hall–Kier alpha value is -3.42. The van der Waals surface area contributed by atoms with Gasteiger partial charge in [0, 0.05) is 30.8 Å². The molecule has 1 amide bonds. The van der Waals surface area contributed by atoms with Gasteiger partial charge in [-0.15, -0.1) is 0 Å². The number of rotatable bonds is 8. The van der Waals surface area contributed by atoms with Crippen LogP contribution in [0.1, 0.15) is 24.2 Å². The zero-order valence-electron chi connectivity index (χ0n) is 20.1. The molecule has 0 aliphatic carbocycles. The number of nitrogens with zero attached hydrogens (tertiary/aromatic N) is 3. The van der Waals surface area contributed by atoms with Crippen molar-refractivity contribution in [2.75, 3.05) is 44.3 Å². The van der Waals surface area contributed by atoms with Gasteiger partial charge in [-0.25, -0.2) is 4.98 Å². The number of ether oxygens (including phenoxy) is 2. The molecule has 1 aromatic heterocycles. The summed E-state index contributed by atoms with van der Waals surface area (Å²) in [6.45, 7) is 8.56. The number of amides is 1. The molecule has 0 atom stereocenters. The van der Waals surface area contributed by atoms with Crippen molar-refractivity contribution in [3.05, 3.63) is 72.3 Å². The van der Waals surface area contributed by atoms with Crippen molar-refractivity contribution in [2.24, 2.45) is 0 Å². The molecule has 0 saturated heterocycles. The van der Waals surface area contributed by atoms with Gasteiger partial charge < -0.3 is 14.4 Å². The Morgan fingerprint density at radius 1 is 0.886 bits per heavy atom. The van der Waals surface area contributed by atoms with Crippen LogP contribution in [0.2, 0.25) is 0 Å². The van der Waals surface area contributed by atoms with Crippen molar-refractivity contribution >= 4 is 32.6 Å². The molecule has 4 aromatic rings. The average Bonchev–Trinajstić information content (AvgIpc) is 3.32. The van der Waals surface area contributed by atoms with Crippen molar-refractivity contribution in [3.8, 4) is 22.6 Å². The Balaban J connectivity index is 1.46. The number of carbonyl (C=O) groups is 1. The minimum absolute atomic E-state index is 0.0481. The molecule has 0 saturated carbocycles. The second kappa shape index (κ2) is 10.5. The first kappa shape index (κ1) is 23.3. The third-order valence-corrected chi connectivity index (χ3v) is 7.33. The van der Waals surface area contributed by atoms with Gasteiger partial charge in [0.25, 0.3) is 5.91 Å². The molecule has 180 valence electrons. The van der Waals surface area contributed by atoms with E-state index >= 15 is 0 Å². The molecular weight excluding hydrogens is 458 g/mol. The van der Waals surface area contributed by atoms with Crippen molar-refractivity contribution in [1.29, 1.82) is 0 Å². The van der Waals surface area contributed by atoms with E-state index in [0.717, 1.165) is 46.7 Å². The van der Waals surface area contributed by atoms with Gasteiger partial charge in [0.05, 0.1) is 10.2 Å². The van der Waals surface area contributed by atoms with Gasteiger partial charge in [-0.3, -0.25) is 9.69 Å². The normalized spacial score (nSPS) is 12.8. The molecule has 1 aliphatic heterocycles. The van der Waals surface area contributed by atoms with E-state index in [9.17, 15) is 4.79 Å². The van der Waals surface area contributed by atoms with Crippen molar-refractivity contribution in [1.82, 2.24) is 9.88 Å². The third-order valence-electron chi connectivity index (χ3n) is 6.29. The lowest BCUT2D eigenvalue weighted by Gasteiger charge is -2.24.